The van der Waals surface area contributed by atoms with Crippen molar-refractivity contribution in [1.29, 1.82) is 0 Å². The molecule has 0 amide bonds. The van der Waals surface area contributed by atoms with E-state index in [1.807, 2.05) is 0 Å². The van der Waals surface area contributed by atoms with Crippen molar-refractivity contribution < 1.29 is 5.11 Å². The van der Waals surface area contributed by atoms with Crippen molar-refractivity contribution in [3.8, 4) is 0 Å². The molecule has 0 unspecified atom stereocenters. The van der Waals surface area contributed by atoms with Crippen LogP contribution in [0.5, 0.6) is 0 Å². The molecular weight excluding hydrogens is 340 g/mol. The van der Waals surface area contributed by atoms with Crippen LogP contribution in [-0.4, -0.2) is 11.2 Å². The first-order valence-electron chi connectivity index (χ1n) is 13.0. The summed E-state index contributed by atoms with van der Waals surface area (Å²) in [6, 6.07) is 0. The Kier molecular flexibility index (Phi) is 5.98. The third-order valence-electron chi connectivity index (χ3n) is 10.8. The van der Waals surface area contributed by atoms with Gasteiger partial charge in [0, 0.05) is 0 Å². The van der Waals surface area contributed by atoms with E-state index in [4.69, 9.17) is 0 Å². The van der Waals surface area contributed by atoms with Crippen molar-refractivity contribution in [1.82, 2.24) is 0 Å². The van der Waals surface area contributed by atoms with E-state index in [1.165, 1.54) is 70.6 Å². The van der Waals surface area contributed by atoms with Gasteiger partial charge in [0.2, 0.25) is 0 Å². The van der Waals surface area contributed by atoms with Crippen LogP contribution >= 0.6 is 0 Å². The molecule has 0 bridgehead atoms. The second-order valence-corrected chi connectivity index (χ2v) is 12.6. The lowest BCUT2D eigenvalue weighted by Gasteiger charge is -2.62. The van der Waals surface area contributed by atoms with Crippen LogP contribution in [0.3, 0.4) is 0 Å². The zero-order valence-electron chi connectivity index (χ0n) is 19.6. The predicted molar refractivity (Wildman–Crippen MR) is 119 cm³/mol. The summed E-state index contributed by atoms with van der Waals surface area (Å²) in [5.74, 6) is 5.60. The molecule has 1 nitrogen and oxygen atoms in total. The zero-order chi connectivity index (χ0) is 20.1. The highest BCUT2D eigenvalue weighted by Crippen LogP contribution is 2.68. The quantitative estimate of drug-likeness (QED) is 0.518. The molecule has 0 aromatic heterocycles. The highest BCUT2D eigenvalue weighted by atomic mass is 16.3. The second kappa shape index (κ2) is 7.90. The SMILES string of the molecule is CC(C)CCC[C@@H](C)[C@H]1CC[C@H]2[C@@H]3[C@@H](O)C[C@H]4CCCC[C@]4(C)[C@H]3CC[C@]12C. The molecule has 0 aromatic carbocycles. The third kappa shape index (κ3) is 3.40. The van der Waals surface area contributed by atoms with Crippen LogP contribution in [0.4, 0.5) is 0 Å². The molecule has 0 saturated heterocycles. The number of hydrogen-bond acceptors (Lipinski definition) is 1. The summed E-state index contributed by atoms with van der Waals surface area (Å²) < 4.78 is 0. The minimum absolute atomic E-state index is 0.0132. The molecule has 4 fully saturated rings. The number of aliphatic hydroxyl groups is 1. The van der Waals surface area contributed by atoms with Crippen molar-refractivity contribution in [3.63, 3.8) is 0 Å². The first-order valence-corrected chi connectivity index (χ1v) is 13.0. The van der Waals surface area contributed by atoms with Gasteiger partial charge in [-0.2, -0.15) is 0 Å². The third-order valence-corrected chi connectivity index (χ3v) is 10.8. The number of rotatable bonds is 5. The molecule has 0 radical (unpaired) electrons. The van der Waals surface area contributed by atoms with Crippen LogP contribution in [0, 0.1) is 52.3 Å². The molecule has 4 saturated carbocycles. The summed E-state index contributed by atoms with van der Waals surface area (Å²) in [5, 5.41) is 11.3. The van der Waals surface area contributed by atoms with Gasteiger partial charge in [0.05, 0.1) is 6.10 Å². The molecule has 0 spiro atoms. The lowest BCUT2D eigenvalue weighted by molar-refractivity contribution is -0.164. The maximum atomic E-state index is 11.3. The van der Waals surface area contributed by atoms with E-state index in [0.717, 1.165) is 41.9 Å². The van der Waals surface area contributed by atoms with Crippen molar-refractivity contribution in [3.05, 3.63) is 0 Å². The van der Waals surface area contributed by atoms with Gasteiger partial charge in [0.15, 0.2) is 0 Å². The van der Waals surface area contributed by atoms with Gasteiger partial charge in [-0.3, -0.25) is 0 Å². The molecule has 0 aromatic rings. The van der Waals surface area contributed by atoms with Crippen LogP contribution in [0.1, 0.15) is 112 Å². The molecule has 1 heteroatoms. The summed E-state index contributed by atoms with van der Waals surface area (Å²) in [4.78, 5) is 0. The number of aliphatic hydroxyl groups excluding tert-OH is 1. The Balaban J connectivity index is 1.50. The largest absolute Gasteiger partial charge is 0.393 e. The van der Waals surface area contributed by atoms with Gasteiger partial charge in [-0.05, 0) is 97.2 Å². The van der Waals surface area contributed by atoms with Crippen LogP contribution in [0.2, 0.25) is 0 Å². The lowest BCUT2D eigenvalue weighted by atomic mass is 9.44. The van der Waals surface area contributed by atoms with Gasteiger partial charge < -0.3 is 5.11 Å². The second-order valence-electron chi connectivity index (χ2n) is 12.6. The van der Waals surface area contributed by atoms with Crippen molar-refractivity contribution in [2.75, 3.05) is 0 Å². The smallest absolute Gasteiger partial charge is 0.0577 e. The molecule has 4 aliphatic carbocycles. The number of hydrogen-bond donors (Lipinski definition) is 1. The average molecular weight is 389 g/mol. The van der Waals surface area contributed by atoms with E-state index in [9.17, 15) is 5.11 Å². The summed E-state index contributed by atoms with van der Waals surface area (Å²) >= 11 is 0. The Morgan fingerprint density at radius 1 is 0.857 bits per heavy atom. The van der Waals surface area contributed by atoms with E-state index in [2.05, 4.69) is 34.6 Å². The fourth-order valence-corrected chi connectivity index (χ4v) is 9.28. The van der Waals surface area contributed by atoms with Crippen LogP contribution in [0.25, 0.3) is 0 Å². The molecule has 28 heavy (non-hydrogen) atoms. The standard InChI is InChI=1S/C27H48O/c1-18(2)9-8-10-19(3)21-12-13-22-25-23(14-16-27(21,22)5)26(4)15-7-6-11-20(26)17-24(25)28/h18-25,28H,6-17H2,1-5H3/t19-,20-,21-,22+,23+,24+,25+,26+,27-/m1/s1. The normalized spacial score (nSPS) is 49.4. The fraction of sp³-hybridized carbons (Fsp3) is 1.00. The molecule has 1 N–H and O–H groups in total. The molecular formula is C27H48O. The zero-order valence-corrected chi connectivity index (χ0v) is 19.6. The van der Waals surface area contributed by atoms with E-state index >= 15 is 0 Å². The summed E-state index contributed by atoms with van der Waals surface area (Å²) in [5.41, 5.74) is 1.03. The van der Waals surface area contributed by atoms with E-state index in [0.29, 0.717) is 16.7 Å². The molecule has 0 heterocycles. The van der Waals surface area contributed by atoms with Gasteiger partial charge >= 0.3 is 0 Å². The number of fused-ring (bicyclic) bond motifs is 5. The van der Waals surface area contributed by atoms with Gasteiger partial charge in [0.1, 0.15) is 0 Å². The van der Waals surface area contributed by atoms with E-state index < -0.39 is 0 Å². The Morgan fingerprint density at radius 3 is 2.36 bits per heavy atom. The lowest BCUT2D eigenvalue weighted by Crippen LogP contribution is -2.57. The monoisotopic (exact) mass is 388 g/mol. The van der Waals surface area contributed by atoms with Crippen LogP contribution in [-0.2, 0) is 0 Å². The first-order chi connectivity index (χ1) is 13.3. The Bertz CT molecular complexity index is 540. The van der Waals surface area contributed by atoms with E-state index in [-0.39, 0.29) is 6.10 Å². The highest BCUT2D eigenvalue weighted by molar-refractivity contribution is 5.11. The fourth-order valence-electron chi connectivity index (χ4n) is 9.28. The minimum Gasteiger partial charge on any atom is -0.393 e. The van der Waals surface area contributed by atoms with Crippen molar-refractivity contribution >= 4 is 0 Å². The first kappa shape index (κ1) is 21.2. The molecule has 4 aliphatic rings. The molecule has 9 atom stereocenters. The summed E-state index contributed by atoms with van der Waals surface area (Å²) in [6.45, 7) is 12.6. The minimum atomic E-state index is -0.0132. The topological polar surface area (TPSA) is 20.2 Å². The predicted octanol–water partition coefficient (Wildman–Crippen LogP) is 7.47. The molecule has 4 rings (SSSR count). The van der Waals surface area contributed by atoms with E-state index in [1.54, 1.807) is 0 Å². The molecule has 0 aliphatic heterocycles. The van der Waals surface area contributed by atoms with Gasteiger partial charge in [0.25, 0.3) is 0 Å². The van der Waals surface area contributed by atoms with Crippen LogP contribution < -0.4 is 0 Å². The van der Waals surface area contributed by atoms with Crippen LogP contribution in [0.15, 0.2) is 0 Å². The maximum Gasteiger partial charge on any atom is 0.0577 e. The Labute approximate surface area is 175 Å². The van der Waals surface area contributed by atoms with Gasteiger partial charge in [-0.1, -0.05) is 66.7 Å². The summed E-state index contributed by atoms with van der Waals surface area (Å²) in [7, 11) is 0. The van der Waals surface area contributed by atoms with Gasteiger partial charge in [-0.15, -0.1) is 0 Å². The highest BCUT2D eigenvalue weighted by Gasteiger charge is 2.62. The van der Waals surface area contributed by atoms with Gasteiger partial charge in [-0.25, -0.2) is 0 Å². The maximum absolute atomic E-state index is 11.3. The van der Waals surface area contributed by atoms with Crippen molar-refractivity contribution in [2.24, 2.45) is 52.3 Å². The average Bonchev–Trinajstić information content (AvgIpc) is 2.99. The Morgan fingerprint density at radius 2 is 1.61 bits per heavy atom. The van der Waals surface area contributed by atoms with Crippen molar-refractivity contribution in [2.45, 2.75) is 118 Å². The summed E-state index contributed by atoms with van der Waals surface area (Å²) in [6.07, 6.45) is 16.6. The Hall–Kier alpha value is -0.0400. The molecule has 162 valence electrons.